The van der Waals surface area contributed by atoms with Crippen molar-refractivity contribution in [3.63, 3.8) is 0 Å². The van der Waals surface area contributed by atoms with Crippen LogP contribution in [0.1, 0.15) is 22.6 Å². The molecule has 0 fully saturated rings. The van der Waals surface area contributed by atoms with Crippen molar-refractivity contribution in [3.8, 4) is 16.9 Å². The fraction of sp³-hybridized carbons (Fsp3) is 0.0714. The number of para-hydroxylation sites is 1. The lowest BCUT2D eigenvalue weighted by Gasteiger charge is -2.14. The lowest BCUT2D eigenvalue weighted by atomic mass is 9.98. The van der Waals surface area contributed by atoms with Gasteiger partial charge in [0, 0.05) is 5.92 Å². The van der Waals surface area contributed by atoms with E-state index < -0.39 is 6.16 Å². The first kappa shape index (κ1) is 20.5. The fourth-order valence-electron chi connectivity index (χ4n) is 4.03. The SMILES string of the molecule is O=C(OCC1c2ccccc2-c2ccccc21)Oc1ccc(C=NNc2ccccc2)cc1. The van der Waals surface area contributed by atoms with Gasteiger partial charge in [-0.25, -0.2) is 4.79 Å². The smallest absolute Gasteiger partial charge is 0.433 e. The molecule has 33 heavy (non-hydrogen) atoms. The fourth-order valence-corrected chi connectivity index (χ4v) is 4.03. The molecule has 0 bridgehead atoms. The third kappa shape index (κ3) is 4.62. The monoisotopic (exact) mass is 434 g/mol. The largest absolute Gasteiger partial charge is 0.513 e. The molecule has 0 saturated heterocycles. The number of carbonyl (C=O) groups is 1. The van der Waals surface area contributed by atoms with Gasteiger partial charge in [-0.1, -0.05) is 66.7 Å². The third-order valence-corrected chi connectivity index (χ3v) is 5.59. The number of fused-ring (bicyclic) bond motifs is 3. The van der Waals surface area contributed by atoms with Crippen LogP contribution in [0.4, 0.5) is 10.5 Å². The molecule has 4 aromatic rings. The predicted octanol–water partition coefficient (Wildman–Crippen LogP) is 6.46. The molecule has 0 atom stereocenters. The summed E-state index contributed by atoms with van der Waals surface area (Å²) in [5.41, 5.74) is 9.45. The number of hydrogen-bond acceptors (Lipinski definition) is 5. The van der Waals surface area contributed by atoms with Crippen molar-refractivity contribution >= 4 is 18.1 Å². The molecule has 162 valence electrons. The van der Waals surface area contributed by atoms with Crippen molar-refractivity contribution in [1.82, 2.24) is 0 Å². The molecular weight excluding hydrogens is 412 g/mol. The highest BCUT2D eigenvalue weighted by Gasteiger charge is 2.29. The van der Waals surface area contributed by atoms with Gasteiger partial charge in [-0.15, -0.1) is 0 Å². The van der Waals surface area contributed by atoms with Crippen molar-refractivity contribution in [1.29, 1.82) is 0 Å². The summed E-state index contributed by atoms with van der Waals surface area (Å²) >= 11 is 0. The maximum Gasteiger partial charge on any atom is 0.513 e. The van der Waals surface area contributed by atoms with E-state index in [1.807, 2.05) is 66.7 Å². The summed E-state index contributed by atoms with van der Waals surface area (Å²) in [4.78, 5) is 12.3. The number of benzene rings is 4. The van der Waals surface area contributed by atoms with Gasteiger partial charge in [0.25, 0.3) is 0 Å². The van der Waals surface area contributed by atoms with Crippen LogP contribution in [0.25, 0.3) is 11.1 Å². The van der Waals surface area contributed by atoms with E-state index in [1.165, 1.54) is 22.3 Å². The summed E-state index contributed by atoms with van der Waals surface area (Å²) in [5, 5.41) is 4.21. The first-order valence-corrected chi connectivity index (χ1v) is 10.7. The summed E-state index contributed by atoms with van der Waals surface area (Å²) < 4.78 is 10.8. The van der Waals surface area contributed by atoms with Gasteiger partial charge in [-0.3, -0.25) is 5.43 Å². The second-order valence-corrected chi connectivity index (χ2v) is 7.70. The van der Waals surface area contributed by atoms with Crippen LogP contribution in [0, 0.1) is 0 Å². The molecule has 0 unspecified atom stereocenters. The van der Waals surface area contributed by atoms with E-state index in [0.29, 0.717) is 5.75 Å². The molecular formula is C28H22N2O3. The average molecular weight is 434 g/mol. The third-order valence-electron chi connectivity index (χ3n) is 5.59. The molecule has 0 spiro atoms. The summed E-state index contributed by atoms with van der Waals surface area (Å²) in [7, 11) is 0. The Morgan fingerprint density at radius 1 is 0.788 bits per heavy atom. The average Bonchev–Trinajstić information content (AvgIpc) is 3.18. The Bertz CT molecular complexity index is 1240. The number of ether oxygens (including phenoxy) is 2. The van der Waals surface area contributed by atoms with Gasteiger partial charge in [0.15, 0.2) is 0 Å². The normalized spacial score (nSPS) is 12.2. The Hall–Kier alpha value is -4.38. The van der Waals surface area contributed by atoms with E-state index in [4.69, 9.17) is 9.47 Å². The number of carbonyl (C=O) groups excluding carboxylic acids is 1. The topological polar surface area (TPSA) is 59.9 Å². The molecule has 0 saturated carbocycles. The second kappa shape index (κ2) is 9.40. The maximum atomic E-state index is 12.3. The van der Waals surface area contributed by atoms with Crippen molar-refractivity contribution in [2.75, 3.05) is 12.0 Å². The first-order valence-electron chi connectivity index (χ1n) is 10.7. The Balaban J connectivity index is 1.17. The minimum absolute atomic E-state index is 0.000604. The molecule has 5 rings (SSSR count). The molecule has 0 aromatic heterocycles. The van der Waals surface area contributed by atoms with Gasteiger partial charge in [0.1, 0.15) is 12.4 Å². The molecule has 0 radical (unpaired) electrons. The number of hydrogen-bond donors (Lipinski definition) is 1. The zero-order valence-electron chi connectivity index (χ0n) is 17.8. The Morgan fingerprint density at radius 2 is 1.39 bits per heavy atom. The van der Waals surface area contributed by atoms with Crippen LogP contribution < -0.4 is 10.2 Å². The summed E-state index contributed by atoms with van der Waals surface area (Å²) in [6.45, 7) is 0.225. The van der Waals surface area contributed by atoms with Crippen LogP contribution in [0.2, 0.25) is 0 Å². The minimum atomic E-state index is -0.718. The van der Waals surface area contributed by atoms with Crippen molar-refractivity contribution < 1.29 is 14.3 Å². The van der Waals surface area contributed by atoms with Gasteiger partial charge >= 0.3 is 6.16 Å². The van der Waals surface area contributed by atoms with E-state index in [0.717, 1.165) is 11.3 Å². The number of rotatable bonds is 6. The van der Waals surface area contributed by atoms with Gasteiger partial charge in [-0.2, -0.15) is 5.10 Å². The zero-order chi connectivity index (χ0) is 22.5. The Kier molecular flexibility index (Phi) is 5.85. The molecule has 5 heteroatoms. The van der Waals surface area contributed by atoms with E-state index >= 15 is 0 Å². The zero-order valence-corrected chi connectivity index (χ0v) is 17.8. The van der Waals surface area contributed by atoms with E-state index in [1.54, 1.807) is 18.3 Å². The molecule has 0 amide bonds. The Morgan fingerprint density at radius 3 is 2.06 bits per heavy atom. The Labute approximate surface area is 192 Å². The van der Waals surface area contributed by atoms with Crippen LogP contribution >= 0.6 is 0 Å². The number of nitrogens with one attached hydrogen (secondary N) is 1. The molecule has 5 nitrogen and oxygen atoms in total. The first-order chi connectivity index (χ1) is 16.3. The number of anilines is 1. The second-order valence-electron chi connectivity index (χ2n) is 7.70. The van der Waals surface area contributed by atoms with Crippen molar-refractivity contribution in [2.45, 2.75) is 5.92 Å². The van der Waals surface area contributed by atoms with Gasteiger partial charge in [0.05, 0.1) is 11.9 Å². The van der Waals surface area contributed by atoms with Crippen LogP contribution in [-0.4, -0.2) is 19.0 Å². The van der Waals surface area contributed by atoms with Crippen LogP contribution in [-0.2, 0) is 4.74 Å². The van der Waals surface area contributed by atoms with Crippen LogP contribution in [0.15, 0.2) is 108 Å². The molecule has 1 aliphatic carbocycles. The van der Waals surface area contributed by atoms with Gasteiger partial charge < -0.3 is 9.47 Å². The van der Waals surface area contributed by atoms with E-state index in [-0.39, 0.29) is 12.5 Å². The summed E-state index contributed by atoms with van der Waals surface area (Å²) in [6, 6.07) is 33.2. The predicted molar refractivity (Wildman–Crippen MR) is 130 cm³/mol. The minimum Gasteiger partial charge on any atom is -0.433 e. The number of nitrogens with zero attached hydrogens (tertiary/aromatic N) is 1. The van der Waals surface area contributed by atoms with Crippen molar-refractivity contribution in [3.05, 3.63) is 120 Å². The highest BCUT2D eigenvalue weighted by molar-refractivity contribution is 5.81. The van der Waals surface area contributed by atoms with Gasteiger partial charge in [0.2, 0.25) is 0 Å². The molecule has 0 heterocycles. The van der Waals surface area contributed by atoms with Crippen LogP contribution in [0.3, 0.4) is 0 Å². The van der Waals surface area contributed by atoms with Crippen LogP contribution in [0.5, 0.6) is 5.75 Å². The highest BCUT2D eigenvalue weighted by atomic mass is 16.7. The molecule has 4 aromatic carbocycles. The highest BCUT2D eigenvalue weighted by Crippen LogP contribution is 2.44. The standard InChI is InChI=1S/C28H22N2O3/c31-28(32-19-27-25-12-6-4-10-23(25)24-11-5-7-13-26(24)27)33-22-16-14-20(15-17-22)18-29-30-21-8-2-1-3-9-21/h1-18,27,30H,19H2. The van der Waals surface area contributed by atoms with E-state index in [9.17, 15) is 4.79 Å². The van der Waals surface area contributed by atoms with E-state index in [2.05, 4.69) is 34.8 Å². The lowest BCUT2D eigenvalue weighted by molar-refractivity contribution is 0.0965. The van der Waals surface area contributed by atoms with Crippen molar-refractivity contribution in [2.24, 2.45) is 5.10 Å². The molecule has 1 aliphatic rings. The quantitative estimate of drug-likeness (QED) is 0.164. The van der Waals surface area contributed by atoms with Gasteiger partial charge in [-0.05, 0) is 64.2 Å². The summed E-state index contributed by atoms with van der Waals surface area (Å²) in [6.07, 6.45) is 0.980. The lowest BCUT2D eigenvalue weighted by Crippen LogP contribution is -2.15. The number of hydrazone groups is 1. The maximum absolute atomic E-state index is 12.3. The summed E-state index contributed by atoms with van der Waals surface area (Å²) in [5.74, 6) is 0.418. The molecule has 1 N–H and O–H groups in total. The molecule has 0 aliphatic heterocycles.